The van der Waals surface area contributed by atoms with Gasteiger partial charge in [-0.15, -0.1) is 0 Å². The molecule has 1 aromatic rings. The molecule has 0 heterocycles. The average molecular weight is 334 g/mol. The van der Waals surface area contributed by atoms with Crippen LogP contribution >= 0.6 is 22.6 Å². The molecule has 1 aromatic carbocycles. The van der Waals surface area contributed by atoms with E-state index in [0.717, 1.165) is 22.3 Å². The Hall–Kier alpha value is -0.290. The van der Waals surface area contributed by atoms with Gasteiger partial charge in [0.1, 0.15) is 12.4 Å². The van der Waals surface area contributed by atoms with Gasteiger partial charge < -0.3 is 9.47 Å². The fourth-order valence-corrected chi connectivity index (χ4v) is 1.74. The van der Waals surface area contributed by atoms with Crippen molar-refractivity contribution in [2.75, 3.05) is 19.8 Å². The molecule has 0 fully saturated rings. The topological polar surface area (TPSA) is 18.5 Å². The Morgan fingerprint density at radius 3 is 2.56 bits per heavy atom. The molecule has 0 aliphatic heterocycles. The van der Waals surface area contributed by atoms with Crippen LogP contribution < -0.4 is 4.74 Å². The van der Waals surface area contributed by atoms with E-state index in [0.29, 0.717) is 19.1 Å². The Morgan fingerprint density at radius 1 is 1.12 bits per heavy atom. The predicted octanol–water partition coefficient (Wildman–Crippen LogP) is 3.73. The predicted molar refractivity (Wildman–Crippen MR) is 74.9 cm³/mol. The number of hydrogen-bond donors (Lipinski definition) is 0. The van der Waals surface area contributed by atoms with Crippen molar-refractivity contribution < 1.29 is 9.47 Å². The summed E-state index contributed by atoms with van der Waals surface area (Å²) >= 11 is 2.27. The molecule has 0 unspecified atom stereocenters. The minimum Gasteiger partial charge on any atom is -0.490 e. The molecule has 1 rings (SSSR count). The zero-order chi connectivity index (χ0) is 11.8. The Bertz CT molecular complexity index is 300. The first-order chi connectivity index (χ1) is 7.70. The van der Waals surface area contributed by atoms with Crippen LogP contribution in [0.2, 0.25) is 0 Å². The summed E-state index contributed by atoms with van der Waals surface area (Å²) in [5.74, 6) is 1.64. The minimum atomic E-state index is 0.623. The SMILES string of the molecule is CC(C)CCOCCOc1ccccc1I. The molecule has 16 heavy (non-hydrogen) atoms. The summed E-state index contributed by atoms with van der Waals surface area (Å²) in [6, 6.07) is 8.01. The van der Waals surface area contributed by atoms with Crippen LogP contribution in [0.3, 0.4) is 0 Å². The van der Waals surface area contributed by atoms with Gasteiger partial charge in [0.2, 0.25) is 0 Å². The van der Waals surface area contributed by atoms with E-state index in [2.05, 4.69) is 36.4 Å². The van der Waals surface area contributed by atoms with Crippen LogP contribution in [0.1, 0.15) is 20.3 Å². The molecule has 3 heteroatoms. The summed E-state index contributed by atoms with van der Waals surface area (Å²) in [6.45, 7) is 6.51. The van der Waals surface area contributed by atoms with Gasteiger partial charge in [-0.3, -0.25) is 0 Å². The van der Waals surface area contributed by atoms with Crippen molar-refractivity contribution in [2.45, 2.75) is 20.3 Å². The molecule has 90 valence electrons. The standard InChI is InChI=1S/C13H19IO2/c1-11(2)7-8-15-9-10-16-13-6-4-3-5-12(13)14/h3-6,11H,7-10H2,1-2H3. The van der Waals surface area contributed by atoms with Crippen molar-refractivity contribution in [1.82, 2.24) is 0 Å². The fraction of sp³-hybridized carbons (Fsp3) is 0.538. The van der Waals surface area contributed by atoms with E-state index in [-0.39, 0.29) is 0 Å². The van der Waals surface area contributed by atoms with Gasteiger partial charge in [0, 0.05) is 6.61 Å². The number of ether oxygens (including phenoxy) is 2. The lowest BCUT2D eigenvalue weighted by atomic mass is 10.1. The summed E-state index contributed by atoms with van der Waals surface area (Å²) in [5.41, 5.74) is 0. The molecule has 0 saturated heterocycles. The van der Waals surface area contributed by atoms with Gasteiger partial charge in [0.25, 0.3) is 0 Å². The summed E-state index contributed by atoms with van der Waals surface area (Å²) in [7, 11) is 0. The summed E-state index contributed by atoms with van der Waals surface area (Å²) in [4.78, 5) is 0. The zero-order valence-corrected chi connectivity index (χ0v) is 12.1. The lowest BCUT2D eigenvalue weighted by Crippen LogP contribution is -2.09. The molecular formula is C13H19IO2. The van der Waals surface area contributed by atoms with Crippen molar-refractivity contribution in [3.05, 3.63) is 27.8 Å². The Balaban J connectivity index is 2.10. The van der Waals surface area contributed by atoms with Gasteiger partial charge in [-0.05, 0) is 47.1 Å². The zero-order valence-electron chi connectivity index (χ0n) is 9.91. The van der Waals surface area contributed by atoms with Crippen molar-refractivity contribution in [1.29, 1.82) is 0 Å². The first kappa shape index (κ1) is 13.8. The highest BCUT2D eigenvalue weighted by Gasteiger charge is 1.98. The molecule has 0 amide bonds. The Labute approximate surface area is 111 Å². The van der Waals surface area contributed by atoms with Crippen molar-refractivity contribution in [3.63, 3.8) is 0 Å². The van der Waals surface area contributed by atoms with E-state index in [1.165, 1.54) is 0 Å². The Morgan fingerprint density at radius 2 is 1.88 bits per heavy atom. The molecule has 0 aromatic heterocycles. The number of benzene rings is 1. The second kappa shape index (κ2) is 7.90. The normalized spacial score (nSPS) is 10.8. The smallest absolute Gasteiger partial charge is 0.132 e. The van der Waals surface area contributed by atoms with Crippen LogP contribution in [-0.4, -0.2) is 19.8 Å². The number of hydrogen-bond acceptors (Lipinski definition) is 2. The molecule has 0 bridgehead atoms. The largest absolute Gasteiger partial charge is 0.490 e. The van der Waals surface area contributed by atoms with E-state index in [4.69, 9.17) is 9.47 Å². The molecule has 0 spiro atoms. The van der Waals surface area contributed by atoms with Gasteiger partial charge >= 0.3 is 0 Å². The lowest BCUT2D eigenvalue weighted by molar-refractivity contribution is 0.0923. The van der Waals surface area contributed by atoms with Gasteiger partial charge in [-0.1, -0.05) is 26.0 Å². The van der Waals surface area contributed by atoms with E-state index in [9.17, 15) is 0 Å². The molecule has 0 N–H and O–H groups in total. The van der Waals surface area contributed by atoms with Crippen molar-refractivity contribution >= 4 is 22.6 Å². The van der Waals surface area contributed by atoms with Crippen LogP contribution in [-0.2, 0) is 4.74 Å². The van der Waals surface area contributed by atoms with Gasteiger partial charge in [-0.25, -0.2) is 0 Å². The van der Waals surface area contributed by atoms with Gasteiger partial charge in [-0.2, -0.15) is 0 Å². The third-order valence-electron chi connectivity index (χ3n) is 2.16. The summed E-state index contributed by atoms with van der Waals surface area (Å²) in [6.07, 6.45) is 1.11. The van der Waals surface area contributed by atoms with Gasteiger partial charge in [0.15, 0.2) is 0 Å². The highest BCUT2D eigenvalue weighted by atomic mass is 127. The second-order valence-corrected chi connectivity index (χ2v) is 5.24. The van der Waals surface area contributed by atoms with Crippen LogP contribution in [0.4, 0.5) is 0 Å². The minimum absolute atomic E-state index is 0.623. The molecule has 0 aliphatic carbocycles. The average Bonchev–Trinajstić information content (AvgIpc) is 2.25. The fourth-order valence-electron chi connectivity index (χ4n) is 1.19. The van der Waals surface area contributed by atoms with Crippen molar-refractivity contribution in [3.8, 4) is 5.75 Å². The van der Waals surface area contributed by atoms with E-state index in [1.807, 2.05) is 24.3 Å². The maximum Gasteiger partial charge on any atom is 0.132 e. The van der Waals surface area contributed by atoms with Crippen molar-refractivity contribution in [2.24, 2.45) is 5.92 Å². The van der Waals surface area contributed by atoms with Crippen LogP contribution in [0, 0.1) is 9.49 Å². The van der Waals surface area contributed by atoms with Crippen LogP contribution in [0.5, 0.6) is 5.75 Å². The second-order valence-electron chi connectivity index (χ2n) is 4.07. The summed E-state index contributed by atoms with van der Waals surface area (Å²) in [5, 5.41) is 0. The van der Waals surface area contributed by atoms with Crippen LogP contribution in [0.15, 0.2) is 24.3 Å². The van der Waals surface area contributed by atoms with Crippen LogP contribution in [0.25, 0.3) is 0 Å². The number of rotatable bonds is 7. The maximum absolute atomic E-state index is 5.61. The number of para-hydroxylation sites is 1. The van der Waals surface area contributed by atoms with E-state index in [1.54, 1.807) is 0 Å². The third kappa shape index (κ3) is 5.70. The Kier molecular flexibility index (Phi) is 6.80. The molecule has 0 aliphatic rings. The van der Waals surface area contributed by atoms with Gasteiger partial charge in [0.05, 0.1) is 10.2 Å². The first-order valence-corrected chi connectivity index (χ1v) is 6.73. The third-order valence-corrected chi connectivity index (χ3v) is 3.05. The molecular weight excluding hydrogens is 315 g/mol. The molecule has 0 atom stereocenters. The summed E-state index contributed by atoms with van der Waals surface area (Å²) < 4.78 is 12.2. The van der Waals surface area contributed by atoms with E-state index >= 15 is 0 Å². The highest BCUT2D eigenvalue weighted by molar-refractivity contribution is 14.1. The maximum atomic E-state index is 5.61. The molecule has 0 radical (unpaired) electrons. The first-order valence-electron chi connectivity index (χ1n) is 5.65. The molecule has 2 nitrogen and oxygen atoms in total. The lowest BCUT2D eigenvalue weighted by Gasteiger charge is -2.09. The van der Waals surface area contributed by atoms with E-state index < -0.39 is 0 Å². The number of halogens is 1. The quantitative estimate of drug-likeness (QED) is 0.559. The monoisotopic (exact) mass is 334 g/mol. The highest BCUT2D eigenvalue weighted by Crippen LogP contribution is 2.19. The molecule has 0 saturated carbocycles.